The van der Waals surface area contributed by atoms with Crippen LogP contribution in [0.1, 0.15) is 5.82 Å². The van der Waals surface area contributed by atoms with Crippen LogP contribution in [0, 0.1) is 0 Å². The van der Waals surface area contributed by atoms with E-state index in [-0.39, 0.29) is 0 Å². The van der Waals surface area contributed by atoms with Crippen LogP contribution < -0.4 is 5.32 Å². The summed E-state index contributed by atoms with van der Waals surface area (Å²) in [6.45, 7) is 0.334. The molecular weight excluding hydrogens is 282 g/mol. The Balaban J connectivity index is 2.17. The monoisotopic (exact) mass is 295 g/mol. The standard InChI is InChI=1S/C13H14ClN3OS/c1-18-8-13-16-11(14)7-12(17-13)15-9-3-5-10(19-2)6-4-9/h3-7H,8H2,1-2H3,(H,15,16,17). The van der Waals surface area contributed by atoms with Crippen molar-refractivity contribution in [3.63, 3.8) is 0 Å². The molecule has 0 spiro atoms. The van der Waals surface area contributed by atoms with Crippen LogP contribution in [0.4, 0.5) is 11.5 Å². The number of anilines is 2. The fourth-order valence-corrected chi connectivity index (χ4v) is 2.15. The molecule has 0 saturated heterocycles. The highest BCUT2D eigenvalue weighted by Gasteiger charge is 2.03. The lowest BCUT2D eigenvalue weighted by Gasteiger charge is -2.08. The molecule has 0 aliphatic rings. The van der Waals surface area contributed by atoms with Gasteiger partial charge in [-0.15, -0.1) is 11.8 Å². The Bertz CT molecular complexity index is 548. The normalized spacial score (nSPS) is 10.5. The minimum atomic E-state index is 0.334. The minimum absolute atomic E-state index is 0.334. The Hall–Kier alpha value is -1.30. The topological polar surface area (TPSA) is 47.0 Å². The second-order valence-corrected chi connectivity index (χ2v) is 5.05. The van der Waals surface area contributed by atoms with Gasteiger partial charge in [0.1, 0.15) is 17.6 Å². The van der Waals surface area contributed by atoms with Gasteiger partial charge in [-0.3, -0.25) is 0 Å². The van der Waals surface area contributed by atoms with Crippen molar-refractivity contribution < 1.29 is 4.74 Å². The number of ether oxygens (including phenoxy) is 1. The van der Waals surface area contributed by atoms with Crippen molar-refractivity contribution in [3.05, 3.63) is 41.3 Å². The Labute approximate surface area is 121 Å². The van der Waals surface area contributed by atoms with Gasteiger partial charge in [0.05, 0.1) is 0 Å². The number of halogens is 1. The lowest BCUT2D eigenvalue weighted by Crippen LogP contribution is -2.01. The number of nitrogens with one attached hydrogen (secondary N) is 1. The van der Waals surface area contributed by atoms with Gasteiger partial charge in [0.2, 0.25) is 0 Å². The quantitative estimate of drug-likeness (QED) is 0.672. The zero-order valence-corrected chi connectivity index (χ0v) is 12.3. The van der Waals surface area contributed by atoms with Gasteiger partial charge in [0.15, 0.2) is 5.82 Å². The fourth-order valence-electron chi connectivity index (χ4n) is 1.54. The zero-order valence-electron chi connectivity index (χ0n) is 10.7. The summed E-state index contributed by atoms with van der Waals surface area (Å²) >= 11 is 7.65. The Kier molecular flexibility index (Phi) is 5.01. The van der Waals surface area contributed by atoms with Gasteiger partial charge in [0, 0.05) is 23.8 Å². The highest BCUT2D eigenvalue weighted by molar-refractivity contribution is 7.98. The van der Waals surface area contributed by atoms with Gasteiger partial charge in [-0.25, -0.2) is 9.97 Å². The molecule has 0 bridgehead atoms. The van der Waals surface area contributed by atoms with Gasteiger partial charge >= 0.3 is 0 Å². The first-order valence-corrected chi connectivity index (χ1v) is 7.25. The van der Waals surface area contributed by atoms with Crippen molar-refractivity contribution in [1.82, 2.24) is 9.97 Å². The number of aromatic nitrogens is 2. The fraction of sp³-hybridized carbons (Fsp3) is 0.231. The van der Waals surface area contributed by atoms with Crippen LogP contribution in [0.25, 0.3) is 0 Å². The van der Waals surface area contributed by atoms with Gasteiger partial charge < -0.3 is 10.1 Å². The third-order valence-corrected chi connectivity index (χ3v) is 3.31. The van der Waals surface area contributed by atoms with Crippen LogP contribution in [0.15, 0.2) is 35.2 Å². The molecule has 0 aliphatic heterocycles. The second-order valence-electron chi connectivity index (χ2n) is 3.78. The lowest BCUT2D eigenvalue weighted by atomic mass is 10.3. The number of methoxy groups -OCH3 is 1. The van der Waals surface area contributed by atoms with Crippen LogP contribution in [0.2, 0.25) is 5.15 Å². The summed E-state index contributed by atoms with van der Waals surface area (Å²) in [5, 5.41) is 3.59. The molecule has 0 saturated carbocycles. The predicted octanol–water partition coefficient (Wildman–Crippen LogP) is 3.74. The van der Waals surface area contributed by atoms with E-state index in [1.165, 1.54) is 4.90 Å². The Morgan fingerprint density at radius 3 is 2.63 bits per heavy atom. The van der Waals surface area contributed by atoms with Crippen molar-refractivity contribution in [3.8, 4) is 0 Å². The van der Waals surface area contributed by atoms with E-state index in [9.17, 15) is 0 Å². The molecule has 2 aromatic rings. The number of hydrogen-bond acceptors (Lipinski definition) is 5. The lowest BCUT2D eigenvalue weighted by molar-refractivity contribution is 0.178. The number of thioether (sulfide) groups is 1. The first-order chi connectivity index (χ1) is 9.21. The van der Waals surface area contributed by atoms with E-state index >= 15 is 0 Å². The summed E-state index contributed by atoms with van der Waals surface area (Å²) < 4.78 is 5.00. The van der Waals surface area contributed by atoms with Gasteiger partial charge in [-0.2, -0.15) is 0 Å². The third-order valence-electron chi connectivity index (χ3n) is 2.38. The highest BCUT2D eigenvalue weighted by Crippen LogP contribution is 2.21. The average molecular weight is 296 g/mol. The average Bonchev–Trinajstić information content (AvgIpc) is 2.39. The van der Waals surface area contributed by atoms with Gasteiger partial charge in [-0.05, 0) is 30.5 Å². The number of nitrogens with zero attached hydrogens (tertiary/aromatic N) is 2. The number of hydrogen-bond donors (Lipinski definition) is 1. The molecule has 100 valence electrons. The SMILES string of the molecule is COCc1nc(Cl)cc(Nc2ccc(SC)cc2)n1. The Morgan fingerprint density at radius 1 is 1.26 bits per heavy atom. The van der Waals surface area contributed by atoms with Crippen molar-refractivity contribution >= 4 is 34.9 Å². The smallest absolute Gasteiger partial charge is 0.158 e. The molecule has 0 aliphatic carbocycles. The molecular formula is C13H14ClN3OS. The van der Waals surface area contributed by atoms with E-state index in [0.717, 1.165) is 5.69 Å². The van der Waals surface area contributed by atoms with E-state index in [2.05, 4.69) is 15.3 Å². The summed E-state index contributed by atoms with van der Waals surface area (Å²) in [5.74, 6) is 1.21. The molecule has 0 unspecified atom stereocenters. The molecule has 1 aromatic heterocycles. The first-order valence-electron chi connectivity index (χ1n) is 5.64. The molecule has 0 radical (unpaired) electrons. The summed E-state index contributed by atoms with van der Waals surface area (Å²) in [6, 6.07) is 9.77. The zero-order chi connectivity index (χ0) is 13.7. The number of rotatable bonds is 5. The highest BCUT2D eigenvalue weighted by atomic mass is 35.5. The van der Waals surface area contributed by atoms with Crippen LogP contribution in [-0.4, -0.2) is 23.3 Å². The van der Waals surface area contributed by atoms with E-state index in [1.807, 2.05) is 30.5 Å². The molecule has 1 aromatic carbocycles. The molecule has 0 amide bonds. The van der Waals surface area contributed by atoms with Gasteiger partial charge in [-0.1, -0.05) is 11.6 Å². The van der Waals surface area contributed by atoms with Crippen molar-refractivity contribution in [2.24, 2.45) is 0 Å². The first kappa shape index (κ1) is 14.1. The largest absolute Gasteiger partial charge is 0.377 e. The maximum Gasteiger partial charge on any atom is 0.158 e. The van der Waals surface area contributed by atoms with Crippen LogP contribution in [0.3, 0.4) is 0 Å². The van der Waals surface area contributed by atoms with Crippen LogP contribution in [0.5, 0.6) is 0 Å². The molecule has 6 heteroatoms. The maximum atomic E-state index is 5.95. The van der Waals surface area contributed by atoms with E-state index in [1.54, 1.807) is 24.9 Å². The maximum absolute atomic E-state index is 5.95. The van der Waals surface area contributed by atoms with Crippen molar-refractivity contribution in [2.75, 3.05) is 18.7 Å². The summed E-state index contributed by atoms with van der Waals surface area (Å²) in [7, 11) is 1.60. The molecule has 0 atom stereocenters. The van der Waals surface area contributed by atoms with E-state index < -0.39 is 0 Å². The number of benzene rings is 1. The van der Waals surface area contributed by atoms with Crippen LogP contribution >= 0.6 is 23.4 Å². The molecule has 1 N–H and O–H groups in total. The minimum Gasteiger partial charge on any atom is -0.377 e. The van der Waals surface area contributed by atoms with Crippen molar-refractivity contribution in [2.45, 2.75) is 11.5 Å². The molecule has 19 heavy (non-hydrogen) atoms. The van der Waals surface area contributed by atoms with E-state index in [4.69, 9.17) is 16.3 Å². The molecule has 2 rings (SSSR count). The predicted molar refractivity (Wildman–Crippen MR) is 79.3 cm³/mol. The van der Waals surface area contributed by atoms with Crippen molar-refractivity contribution in [1.29, 1.82) is 0 Å². The summed E-state index contributed by atoms with van der Waals surface area (Å²) in [5.41, 5.74) is 0.955. The molecule has 4 nitrogen and oxygen atoms in total. The summed E-state index contributed by atoms with van der Waals surface area (Å²) in [6.07, 6.45) is 2.05. The molecule has 1 heterocycles. The Morgan fingerprint density at radius 2 is 2.00 bits per heavy atom. The molecule has 0 fully saturated rings. The van der Waals surface area contributed by atoms with Crippen LogP contribution in [-0.2, 0) is 11.3 Å². The third kappa shape index (κ3) is 4.09. The summed E-state index contributed by atoms with van der Waals surface area (Å²) in [4.78, 5) is 9.62. The second kappa shape index (κ2) is 6.75. The van der Waals surface area contributed by atoms with Gasteiger partial charge in [0.25, 0.3) is 0 Å². The van der Waals surface area contributed by atoms with E-state index in [0.29, 0.717) is 23.4 Å².